The van der Waals surface area contributed by atoms with Crippen molar-refractivity contribution < 1.29 is 4.79 Å². The fourth-order valence-corrected chi connectivity index (χ4v) is 3.33. The third-order valence-electron chi connectivity index (χ3n) is 4.46. The second-order valence-corrected chi connectivity index (χ2v) is 6.58. The van der Waals surface area contributed by atoms with Crippen molar-refractivity contribution >= 4 is 29.0 Å². The zero-order valence-electron chi connectivity index (χ0n) is 14.6. The topological polar surface area (TPSA) is 48.5 Å². The molecule has 1 fully saturated rings. The molecule has 1 N–H and O–H groups in total. The van der Waals surface area contributed by atoms with Crippen LogP contribution in [0.25, 0.3) is 0 Å². The lowest BCUT2D eigenvalue weighted by molar-refractivity contribution is 0.0956. The molecule has 25 heavy (non-hydrogen) atoms. The highest BCUT2D eigenvalue weighted by molar-refractivity contribution is 6.30. The molecule has 0 radical (unpaired) electrons. The number of amides is 1. The number of nitrogens with zero attached hydrogens (tertiary/aromatic N) is 3. The summed E-state index contributed by atoms with van der Waals surface area (Å²) in [6, 6.07) is 9.63. The van der Waals surface area contributed by atoms with E-state index in [-0.39, 0.29) is 5.91 Å². The summed E-state index contributed by atoms with van der Waals surface area (Å²) in [5.74, 6) is 0.689. The second-order valence-electron chi connectivity index (χ2n) is 6.14. The number of nitrogens with one attached hydrogen (secondary N) is 1. The van der Waals surface area contributed by atoms with E-state index in [1.165, 1.54) is 11.3 Å². The predicted molar refractivity (Wildman–Crippen MR) is 103 cm³/mol. The molecule has 6 heteroatoms. The number of hydrogen-bond donors (Lipinski definition) is 1. The first kappa shape index (κ1) is 17.5. The van der Waals surface area contributed by atoms with Gasteiger partial charge in [0.25, 0.3) is 5.91 Å². The number of carbonyl (C=O) groups excluding carboxylic acids is 1. The van der Waals surface area contributed by atoms with E-state index in [1.807, 2.05) is 25.1 Å². The maximum Gasteiger partial charge on any atom is 0.255 e. The van der Waals surface area contributed by atoms with E-state index in [4.69, 9.17) is 11.6 Å². The molecule has 1 amide bonds. The summed E-state index contributed by atoms with van der Waals surface area (Å²) in [5, 5.41) is 3.61. The fourth-order valence-electron chi connectivity index (χ4n) is 3.16. The number of carbonyl (C=O) groups is 1. The molecule has 0 atom stereocenters. The van der Waals surface area contributed by atoms with Crippen LogP contribution in [0.5, 0.6) is 0 Å². The monoisotopic (exact) mass is 358 g/mol. The number of halogens is 1. The summed E-state index contributed by atoms with van der Waals surface area (Å²) >= 11 is 6.15. The third kappa shape index (κ3) is 3.87. The summed E-state index contributed by atoms with van der Waals surface area (Å²) in [6.45, 7) is 7.99. The number of benzene rings is 1. The highest BCUT2D eigenvalue weighted by Crippen LogP contribution is 2.27. The lowest BCUT2D eigenvalue weighted by Gasteiger charge is -2.38. The van der Waals surface area contributed by atoms with Crippen LogP contribution in [0.4, 0.5) is 11.5 Å². The Morgan fingerprint density at radius 1 is 1.20 bits per heavy atom. The number of aryl methyl sites for hydroxylation is 1. The summed E-state index contributed by atoms with van der Waals surface area (Å²) in [4.78, 5) is 21.3. The molecule has 1 saturated heterocycles. The molecular weight excluding hydrogens is 336 g/mol. The summed E-state index contributed by atoms with van der Waals surface area (Å²) in [5.41, 5.74) is 3.03. The summed E-state index contributed by atoms with van der Waals surface area (Å²) in [6.07, 6.45) is 1.74. The van der Waals surface area contributed by atoms with Gasteiger partial charge in [0.05, 0.1) is 5.56 Å². The van der Waals surface area contributed by atoms with Crippen LogP contribution in [0.2, 0.25) is 5.02 Å². The van der Waals surface area contributed by atoms with Crippen LogP contribution >= 0.6 is 11.6 Å². The lowest BCUT2D eigenvalue weighted by Crippen LogP contribution is -2.47. The first-order valence-corrected chi connectivity index (χ1v) is 8.97. The SMILES string of the molecule is CCNC(=O)c1cccnc1N1CCN(c2cc(Cl)ccc2C)CC1. The molecule has 5 nitrogen and oxygen atoms in total. The quantitative estimate of drug-likeness (QED) is 0.912. The molecule has 1 aliphatic heterocycles. The number of hydrogen-bond acceptors (Lipinski definition) is 4. The Bertz CT molecular complexity index is 757. The number of aromatic nitrogens is 1. The number of pyridine rings is 1. The Kier molecular flexibility index (Phi) is 5.43. The van der Waals surface area contributed by atoms with Crippen molar-refractivity contribution in [1.82, 2.24) is 10.3 Å². The summed E-state index contributed by atoms with van der Waals surface area (Å²) in [7, 11) is 0. The Morgan fingerprint density at radius 2 is 1.92 bits per heavy atom. The van der Waals surface area contributed by atoms with Crippen molar-refractivity contribution in [2.75, 3.05) is 42.5 Å². The highest BCUT2D eigenvalue weighted by Gasteiger charge is 2.23. The molecule has 2 aromatic rings. The van der Waals surface area contributed by atoms with Crippen molar-refractivity contribution in [3.05, 3.63) is 52.7 Å². The largest absolute Gasteiger partial charge is 0.368 e. The first-order valence-electron chi connectivity index (χ1n) is 8.59. The number of rotatable bonds is 4. The van der Waals surface area contributed by atoms with Gasteiger partial charge in [0, 0.05) is 49.6 Å². The molecule has 0 saturated carbocycles. The summed E-state index contributed by atoms with van der Waals surface area (Å²) < 4.78 is 0. The number of anilines is 2. The zero-order chi connectivity index (χ0) is 17.8. The van der Waals surface area contributed by atoms with E-state index in [9.17, 15) is 4.79 Å². The molecule has 0 aliphatic carbocycles. The van der Waals surface area contributed by atoms with E-state index < -0.39 is 0 Å². The Morgan fingerprint density at radius 3 is 2.64 bits per heavy atom. The molecule has 1 aliphatic rings. The molecule has 0 bridgehead atoms. The molecule has 3 rings (SSSR count). The van der Waals surface area contributed by atoms with Crippen molar-refractivity contribution in [3.63, 3.8) is 0 Å². The molecule has 132 valence electrons. The Balaban J connectivity index is 1.75. The predicted octanol–water partition coefficient (Wildman–Crippen LogP) is 3.12. The lowest BCUT2D eigenvalue weighted by atomic mass is 10.1. The molecular formula is C19H23ClN4O. The van der Waals surface area contributed by atoms with Crippen molar-refractivity contribution in [1.29, 1.82) is 0 Å². The van der Waals surface area contributed by atoms with Crippen molar-refractivity contribution in [2.24, 2.45) is 0 Å². The van der Waals surface area contributed by atoms with Gasteiger partial charge in [-0.1, -0.05) is 17.7 Å². The van der Waals surface area contributed by atoms with Crippen LogP contribution in [-0.4, -0.2) is 43.6 Å². The molecule has 1 aromatic carbocycles. The van der Waals surface area contributed by atoms with Gasteiger partial charge in [0.2, 0.25) is 0 Å². The van der Waals surface area contributed by atoms with Crippen LogP contribution in [-0.2, 0) is 0 Å². The van der Waals surface area contributed by atoms with E-state index >= 15 is 0 Å². The molecule has 0 spiro atoms. The zero-order valence-corrected chi connectivity index (χ0v) is 15.4. The molecule has 0 unspecified atom stereocenters. The molecule has 2 heterocycles. The first-order chi connectivity index (χ1) is 12.1. The average molecular weight is 359 g/mol. The van der Waals surface area contributed by atoms with E-state index in [0.29, 0.717) is 12.1 Å². The normalized spacial score (nSPS) is 14.5. The van der Waals surface area contributed by atoms with Crippen molar-refractivity contribution in [2.45, 2.75) is 13.8 Å². The van der Waals surface area contributed by atoms with E-state index in [0.717, 1.165) is 37.0 Å². The highest BCUT2D eigenvalue weighted by atomic mass is 35.5. The average Bonchev–Trinajstić information content (AvgIpc) is 2.64. The van der Waals surface area contributed by atoms with Crippen LogP contribution in [0.15, 0.2) is 36.5 Å². The van der Waals surface area contributed by atoms with Crippen LogP contribution < -0.4 is 15.1 Å². The van der Waals surface area contributed by atoms with Crippen molar-refractivity contribution in [3.8, 4) is 0 Å². The Hall–Kier alpha value is -2.27. The minimum Gasteiger partial charge on any atom is -0.368 e. The van der Waals surface area contributed by atoms with Gasteiger partial charge in [0.1, 0.15) is 5.82 Å². The van der Waals surface area contributed by atoms with Gasteiger partial charge in [-0.05, 0) is 43.7 Å². The molecule has 1 aromatic heterocycles. The van der Waals surface area contributed by atoms with Gasteiger partial charge < -0.3 is 15.1 Å². The Labute approximate surface area is 153 Å². The standard InChI is InChI=1S/C19H23ClN4O/c1-3-21-19(25)16-5-4-8-22-18(16)24-11-9-23(10-12-24)17-13-15(20)7-6-14(17)2/h4-8,13H,3,9-12H2,1-2H3,(H,21,25). The van der Waals surface area contributed by atoms with Gasteiger partial charge >= 0.3 is 0 Å². The smallest absolute Gasteiger partial charge is 0.255 e. The van der Waals surface area contributed by atoms with Crippen LogP contribution in [0.1, 0.15) is 22.8 Å². The van der Waals surface area contributed by atoms with E-state index in [1.54, 1.807) is 12.3 Å². The number of piperazine rings is 1. The third-order valence-corrected chi connectivity index (χ3v) is 4.69. The van der Waals surface area contributed by atoms with Crippen LogP contribution in [0, 0.1) is 6.92 Å². The fraction of sp³-hybridized carbons (Fsp3) is 0.368. The van der Waals surface area contributed by atoms with Gasteiger partial charge in [-0.25, -0.2) is 4.98 Å². The maximum absolute atomic E-state index is 12.3. The maximum atomic E-state index is 12.3. The van der Waals surface area contributed by atoms with Gasteiger partial charge in [-0.3, -0.25) is 4.79 Å². The van der Waals surface area contributed by atoms with Gasteiger partial charge in [0.15, 0.2) is 0 Å². The van der Waals surface area contributed by atoms with E-state index in [2.05, 4.69) is 33.1 Å². The van der Waals surface area contributed by atoms with Crippen LogP contribution in [0.3, 0.4) is 0 Å². The van der Waals surface area contributed by atoms with Gasteiger partial charge in [-0.2, -0.15) is 0 Å². The minimum absolute atomic E-state index is 0.0706. The minimum atomic E-state index is -0.0706. The van der Waals surface area contributed by atoms with Gasteiger partial charge in [-0.15, -0.1) is 0 Å². The second kappa shape index (κ2) is 7.74.